The fourth-order valence-electron chi connectivity index (χ4n) is 3.00. The van der Waals surface area contributed by atoms with Crippen molar-refractivity contribution in [3.63, 3.8) is 0 Å². The van der Waals surface area contributed by atoms with E-state index in [1.165, 1.54) is 23.0 Å². The number of benzene rings is 2. The molecule has 2 heterocycles. The van der Waals surface area contributed by atoms with Gasteiger partial charge in [-0.3, -0.25) is 9.48 Å². The zero-order chi connectivity index (χ0) is 22.7. The number of nitrogens with zero attached hydrogens (tertiary/aromatic N) is 3. The van der Waals surface area contributed by atoms with E-state index in [-0.39, 0.29) is 18.8 Å². The SMILES string of the molecule is Cc1onc(C(=O)Nc2cnn(Cc3c(F)cccc3Cl)c2)c1COc1ccccc1Cl. The summed E-state index contributed by atoms with van der Waals surface area (Å²) in [5, 5.41) is 11.5. The van der Waals surface area contributed by atoms with Crippen LogP contribution >= 0.6 is 23.2 Å². The zero-order valence-corrected chi connectivity index (χ0v) is 18.3. The molecular formula is C22H17Cl2FN4O3. The van der Waals surface area contributed by atoms with Crippen molar-refractivity contribution in [1.29, 1.82) is 0 Å². The van der Waals surface area contributed by atoms with E-state index in [0.717, 1.165) is 0 Å². The molecule has 0 radical (unpaired) electrons. The molecule has 7 nitrogen and oxygen atoms in total. The number of aromatic nitrogens is 3. The van der Waals surface area contributed by atoms with E-state index in [9.17, 15) is 9.18 Å². The Balaban J connectivity index is 1.45. The van der Waals surface area contributed by atoms with Crippen LogP contribution in [-0.4, -0.2) is 20.8 Å². The van der Waals surface area contributed by atoms with Crippen LogP contribution in [0.3, 0.4) is 0 Å². The fourth-order valence-corrected chi connectivity index (χ4v) is 3.41. The third kappa shape index (κ3) is 4.76. The second-order valence-corrected chi connectivity index (χ2v) is 7.68. The molecule has 4 rings (SSSR count). The average Bonchev–Trinajstić information content (AvgIpc) is 3.36. The monoisotopic (exact) mass is 474 g/mol. The molecule has 1 N–H and O–H groups in total. The van der Waals surface area contributed by atoms with Crippen molar-refractivity contribution < 1.29 is 18.4 Å². The molecule has 0 atom stereocenters. The lowest BCUT2D eigenvalue weighted by Gasteiger charge is -2.08. The van der Waals surface area contributed by atoms with Crippen LogP contribution in [-0.2, 0) is 13.2 Å². The van der Waals surface area contributed by atoms with Gasteiger partial charge in [-0.2, -0.15) is 5.10 Å². The molecular weight excluding hydrogens is 458 g/mol. The third-order valence-corrected chi connectivity index (χ3v) is 5.35. The lowest BCUT2D eigenvalue weighted by Crippen LogP contribution is -2.15. The molecule has 32 heavy (non-hydrogen) atoms. The standard InChI is InChI=1S/C22H17Cl2FN4O3/c1-13-16(12-31-20-8-3-2-5-18(20)24)21(28-32-13)22(30)27-14-9-26-29(10-14)11-15-17(23)6-4-7-19(15)25/h2-10H,11-12H2,1H3,(H,27,30). The second kappa shape index (κ2) is 9.42. The lowest BCUT2D eigenvalue weighted by atomic mass is 10.2. The van der Waals surface area contributed by atoms with Gasteiger partial charge in [0.25, 0.3) is 5.91 Å². The van der Waals surface area contributed by atoms with E-state index in [1.54, 1.807) is 43.5 Å². The Morgan fingerprint density at radius 3 is 2.72 bits per heavy atom. The molecule has 0 aliphatic heterocycles. The van der Waals surface area contributed by atoms with Gasteiger partial charge in [0, 0.05) is 16.8 Å². The first-order valence-corrected chi connectivity index (χ1v) is 10.3. The molecule has 4 aromatic rings. The zero-order valence-electron chi connectivity index (χ0n) is 16.8. The summed E-state index contributed by atoms with van der Waals surface area (Å²) in [7, 11) is 0. The van der Waals surface area contributed by atoms with E-state index < -0.39 is 11.7 Å². The number of halogens is 3. The predicted molar refractivity (Wildman–Crippen MR) is 118 cm³/mol. The van der Waals surface area contributed by atoms with E-state index >= 15 is 0 Å². The first-order chi connectivity index (χ1) is 15.4. The molecule has 0 aliphatic rings. The van der Waals surface area contributed by atoms with Crippen molar-refractivity contribution in [2.75, 3.05) is 5.32 Å². The number of anilines is 1. The van der Waals surface area contributed by atoms with Crippen LogP contribution in [0.15, 0.2) is 59.4 Å². The number of ether oxygens (including phenoxy) is 1. The number of hydrogen-bond donors (Lipinski definition) is 1. The van der Waals surface area contributed by atoms with Crippen LogP contribution in [0.5, 0.6) is 5.75 Å². The van der Waals surface area contributed by atoms with Crippen LogP contribution in [0.4, 0.5) is 10.1 Å². The Morgan fingerprint density at radius 2 is 1.94 bits per heavy atom. The third-order valence-electron chi connectivity index (χ3n) is 4.68. The summed E-state index contributed by atoms with van der Waals surface area (Å²) >= 11 is 12.2. The van der Waals surface area contributed by atoms with E-state index in [4.69, 9.17) is 32.5 Å². The first kappa shape index (κ1) is 21.9. The molecule has 0 saturated heterocycles. The van der Waals surface area contributed by atoms with Gasteiger partial charge < -0.3 is 14.6 Å². The summed E-state index contributed by atoms with van der Waals surface area (Å²) in [6.07, 6.45) is 3.01. The topological polar surface area (TPSA) is 82.2 Å². The number of rotatable bonds is 7. The quantitative estimate of drug-likeness (QED) is 0.382. The van der Waals surface area contributed by atoms with E-state index in [0.29, 0.717) is 38.4 Å². The average molecular weight is 475 g/mol. The fraction of sp³-hybridized carbons (Fsp3) is 0.136. The molecule has 0 spiro atoms. The lowest BCUT2D eigenvalue weighted by molar-refractivity contribution is 0.101. The Bertz CT molecular complexity index is 1250. The van der Waals surface area contributed by atoms with Gasteiger partial charge in [0.15, 0.2) is 5.69 Å². The second-order valence-electron chi connectivity index (χ2n) is 6.87. The first-order valence-electron chi connectivity index (χ1n) is 9.51. The van der Waals surface area contributed by atoms with Gasteiger partial charge in [0.1, 0.15) is 23.9 Å². The highest BCUT2D eigenvalue weighted by atomic mass is 35.5. The van der Waals surface area contributed by atoms with Gasteiger partial charge in [-0.25, -0.2) is 4.39 Å². The maximum Gasteiger partial charge on any atom is 0.278 e. The minimum absolute atomic E-state index is 0.0485. The van der Waals surface area contributed by atoms with Crippen molar-refractivity contribution in [2.24, 2.45) is 0 Å². The highest BCUT2D eigenvalue weighted by Gasteiger charge is 2.21. The number of carbonyl (C=O) groups is 1. The molecule has 0 aliphatic carbocycles. The summed E-state index contributed by atoms with van der Waals surface area (Å²) < 4.78 is 26.4. The highest BCUT2D eigenvalue weighted by molar-refractivity contribution is 6.32. The number of aryl methyl sites for hydroxylation is 1. The molecule has 1 amide bonds. The number of para-hydroxylation sites is 1. The van der Waals surface area contributed by atoms with Gasteiger partial charge in [0.2, 0.25) is 0 Å². The Morgan fingerprint density at radius 1 is 1.16 bits per heavy atom. The van der Waals surface area contributed by atoms with Crippen LogP contribution in [0.25, 0.3) is 0 Å². The van der Waals surface area contributed by atoms with Gasteiger partial charge in [-0.05, 0) is 31.2 Å². The molecule has 2 aromatic heterocycles. The van der Waals surface area contributed by atoms with E-state index in [2.05, 4.69) is 15.6 Å². The van der Waals surface area contributed by atoms with E-state index in [1.807, 2.05) is 0 Å². The van der Waals surface area contributed by atoms with Crippen LogP contribution in [0.1, 0.15) is 27.4 Å². The summed E-state index contributed by atoms with van der Waals surface area (Å²) in [6, 6.07) is 11.5. The maximum atomic E-state index is 14.0. The maximum absolute atomic E-state index is 14.0. The van der Waals surface area contributed by atoms with Gasteiger partial charge in [-0.15, -0.1) is 0 Å². The molecule has 0 unspecified atom stereocenters. The Hall–Kier alpha value is -3.36. The van der Waals surface area contributed by atoms with Crippen molar-refractivity contribution in [3.8, 4) is 5.75 Å². The number of nitrogens with one attached hydrogen (secondary N) is 1. The molecule has 0 fully saturated rings. The van der Waals surface area contributed by atoms with Crippen molar-refractivity contribution in [1.82, 2.24) is 14.9 Å². The molecule has 2 aromatic carbocycles. The molecule has 164 valence electrons. The number of hydrogen-bond acceptors (Lipinski definition) is 5. The molecule has 0 saturated carbocycles. The van der Waals surface area contributed by atoms with Crippen molar-refractivity contribution in [2.45, 2.75) is 20.1 Å². The normalized spacial score (nSPS) is 10.9. The minimum Gasteiger partial charge on any atom is -0.487 e. The van der Waals surface area contributed by atoms with Crippen molar-refractivity contribution >= 4 is 34.8 Å². The van der Waals surface area contributed by atoms with Gasteiger partial charge in [-0.1, -0.05) is 46.6 Å². The van der Waals surface area contributed by atoms with Crippen LogP contribution in [0.2, 0.25) is 10.0 Å². The summed E-state index contributed by atoms with van der Waals surface area (Å²) in [6.45, 7) is 1.85. The van der Waals surface area contributed by atoms with Crippen molar-refractivity contribution in [3.05, 3.63) is 93.3 Å². The minimum atomic E-state index is -0.497. The van der Waals surface area contributed by atoms with Gasteiger partial charge >= 0.3 is 0 Å². The summed E-state index contributed by atoms with van der Waals surface area (Å²) in [5.74, 6) is 0.00389. The highest BCUT2D eigenvalue weighted by Crippen LogP contribution is 2.26. The Labute approximate surface area is 192 Å². The number of amides is 1. The Kier molecular flexibility index (Phi) is 6.43. The smallest absolute Gasteiger partial charge is 0.278 e. The van der Waals surface area contributed by atoms with Crippen LogP contribution in [0, 0.1) is 12.7 Å². The van der Waals surface area contributed by atoms with Crippen LogP contribution < -0.4 is 10.1 Å². The largest absolute Gasteiger partial charge is 0.487 e. The summed E-state index contributed by atoms with van der Waals surface area (Å²) in [4.78, 5) is 12.8. The number of carbonyl (C=O) groups excluding carboxylic acids is 1. The molecule has 0 bridgehead atoms. The summed E-state index contributed by atoms with van der Waals surface area (Å²) in [5.41, 5.74) is 1.29. The molecule has 10 heteroatoms. The van der Waals surface area contributed by atoms with Gasteiger partial charge in [0.05, 0.1) is 29.0 Å². The predicted octanol–water partition coefficient (Wildman–Crippen LogP) is 5.51.